The van der Waals surface area contributed by atoms with Gasteiger partial charge in [-0.15, -0.1) is 0 Å². The highest BCUT2D eigenvalue weighted by atomic mass is 19.1. The summed E-state index contributed by atoms with van der Waals surface area (Å²) in [4.78, 5) is 2.06. The van der Waals surface area contributed by atoms with Crippen molar-refractivity contribution in [3.8, 4) is 0 Å². The van der Waals surface area contributed by atoms with Crippen molar-refractivity contribution in [1.82, 2.24) is 10.3 Å². The Morgan fingerprint density at radius 2 is 1.93 bits per heavy atom. The van der Waals surface area contributed by atoms with E-state index in [0.717, 1.165) is 18.5 Å². The molecule has 3 N–H and O–H groups in total. The van der Waals surface area contributed by atoms with Crippen LogP contribution in [-0.2, 0) is 6.42 Å². The van der Waals surface area contributed by atoms with Gasteiger partial charge in [0.1, 0.15) is 5.82 Å². The standard InChI is InChI=1S/C11H18FN3/c1-15(2)8-11(14-13)7-9-3-5-10(12)6-4-9/h3-6,11,14H,7-8,13H2,1-2H3. The summed E-state index contributed by atoms with van der Waals surface area (Å²) < 4.78 is 12.7. The molecule has 0 radical (unpaired) electrons. The van der Waals surface area contributed by atoms with Gasteiger partial charge < -0.3 is 4.90 Å². The summed E-state index contributed by atoms with van der Waals surface area (Å²) in [6, 6.07) is 6.70. The second-order valence-corrected chi connectivity index (χ2v) is 3.96. The number of nitrogens with zero attached hydrogens (tertiary/aromatic N) is 1. The summed E-state index contributed by atoms with van der Waals surface area (Å²) in [5, 5.41) is 0. The van der Waals surface area contributed by atoms with Crippen molar-refractivity contribution in [1.29, 1.82) is 0 Å². The number of halogens is 1. The lowest BCUT2D eigenvalue weighted by atomic mass is 10.1. The summed E-state index contributed by atoms with van der Waals surface area (Å²) >= 11 is 0. The molecule has 1 rings (SSSR count). The maximum absolute atomic E-state index is 12.7. The van der Waals surface area contributed by atoms with Gasteiger partial charge in [-0.2, -0.15) is 0 Å². The molecular formula is C11H18FN3. The van der Waals surface area contributed by atoms with E-state index in [-0.39, 0.29) is 11.9 Å². The van der Waals surface area contributed by atoms with Crippen LogP contribution in [0.5, 0.6) is 0 Å². The van der Waals surface area contributed by atoms with Crippen molar-refractivity contribution < 1.29 is 4.39 Å². The molecule has 3 nitrogen and oxygen atoms in total. The van der Waals surface area contributed by atoms with Gasteiger partial charge in [0.05, 0.1) is 0 Å². The van der Waals surface area contributed by atoms with Crippen LogP contribution >= 0.6 is 0 Å². The number of likely N-dealkylation sites (N-methyl/N-ethyl adjacent to an activating group) is 1. The van der Waals surface area contributed by atoms with Crippen molar-refractivity contribution in [2.75, 3.05) is 20.6 Å². The molecule has 15 heavy (non-hydrogen) atoms. The van der Waals surface area contributed by atoms with Gasteiger partial charge in [0.25, 0.3) is 0 Å². The molecule has 1 aromatic rings. The highest BCUT2D eigenvalue weighted by Crippen LogP contribution is 2.05. The molecule has 1 atom stereocenters. The third kappa shape index (κ3) is 4.38. The molecule has 0 heterocycles. The van der Waals surface area contributed by atoms with E-state index in [0.29, 0.717) is 0 Å². The zero-order valence-corrected chi connectivity index (χ0v) is 9.20. The summed E-state index contributed by atoms with van der Waals surface area (Å²) in [5.41, 5.74) is 3.85. The molecule has 0 fully saturated rings. The van der Waals surface area contributed by atoms with Gasteiger partial charge in [-0.25, -0.2) is 4.39 Å². The molecule has 0 saturated carbocycles. The average Bonchev–Trinajstić information content (AvgIpc) is 2.19. The molecule has 1 unspecified atom stereocenters. The van der Waals surface area contributed by atoms with Crippen LogP contribution in [0.4, 0.5) is 4.39 Å². The van der Waals surface area contributed by atoms with Gasteiger partial charge in [-0.3, -0.25) is 11.3 Å². The molecule has 0 aliphatic carbocycles. The van der Waals surface area contributed by atoms with Crippen LogP contribution in [0.15, 0.2) is 24.3 Å². The summed E-state index contributed by atoms with van der Waals surface area (Å²) in [6.07, 6.45) is 0.801. The SMILES string of the molecule is CN(C)CC(Cc1ccc(F)cc1)NN. The van der Waals surface area contributed by atoms with Crippen LogP contribution in [0, 0.1) is 5.82 Å². The Hall–Kier alpha value is -0.970. The Balaban J connectivity index is 2.54. The first-order chi connectivity index (χ1) is 7.11. The minimum absolute atomic E-state index is 0.186. The van der Waals surface area contributed by atoms with Crippen molar-refractivity contribution in [3.63, 3.8) is 0 Å². The Labute approximate surface area is 90.0 Å². The van der Waals surface area contributed by atoms with Crippen LogP contribution in [0.25, 0.3) is 0 Å². The van der Waals surface area contributed by atoms with Gasteiger partial charge in [-0.05, 0) is 38.2 Å². The van der Waals surface area contributed by atoms with Crippen LogP contribution in [0.2, 0.25) is 0 Å². The maximum Gasteiger partial charge on any atom is 0.123 e. The molecule has 0 aliphatic heterocycles. The first-order valence-electron chi connectivity index (χ1n) is 4.97. The fraction of sp³-hybridized carbons (Fsp3) is 0.455. The number of hydrazine groups is 1. The first kappa shape index (κ1) is 12.1. The third-order valence-corrected chi connectivity index (χ3v) is 2.22. The van der Waals surface area contributed by atoms with E-state index < -0.39 is 0 Å². The molecule has 1 aromatic carbocycles. The van der Waals surface area contributed by atoms with E-state index in [1.54, 1.807) is 12.1 Å². The summed E-state index contributed by atoms with van der Waals surface area (Å²) in [7, 11) is 3.99. The van der Waals surface area contributed by atoms with Gasteiger partial charge in [0, 0.05) is 12.6 Å². The lowest BCUT2D eigenvalue weighted by molar-refractivity contribution is 0.338. The molecule has 84 valence electrons. The summed E-state index contributed by atoms with van der Waals surface area (Å²) in [5.74, 6) is 5.24. The predicted molar refractivity (Wildman–Crippen MR) is 59.8 cm³/mol. The monoisotopic (exact) mass is 211 g/mol. The van der Waals surface area contributed by atoms with Crippen molar-refractivity contribution in [2.24, 2.45) is 5.84 Å². The smallest absolute Gasteiger partial charge is 0.123 e. The van der Waals surface area contributed by atoms with E-state index in [2.05, 4.69) is 10.3 Å². The van der Waals surface area contributed by atoms with Gasteiger partial charge in [-0.1, -0.05) is 12.1 Å². The fourth-order valence-electron chi connectivity index (χ4n) is 1.52. The normalized spacial score (nSPS) is 13.1. The zero-order chi connectivity index (χ0) is 11.3. The largest absolute Gasteiger partial charge is 0.308 e. The number of benzene rings is 1. The van der Waals surface area contributed by atoms with Crippen LogP contribution < -0.4 is 11.3 Å². The number of hydrogen-bond acceptors (Lipinski definition) is 3. The van der Waals surface area contributed by atoms with Crippen molar-refractivity contribution >= 4 is 0 Å². The van der Waals surface area contributed by atoms with Crippen LogP contribution in [-0.4, -0.2) is 31.6 Å². The lowest BCUT2D eigenvalue weighted by Gasteiger charge is -2.20. The quantitative estimate of drug-likeness (QED) is 0.558. The lowest BCUT2D eigenvalue weighted by Crippen LogP contribution is -2.43. The van der Waals surface area contributed by atoms with Crippen LogP contribution in [0.1, 0.15) is 5.56 Å². The van der Waals surface area contributed by atoms with Crippen molar-refractivity contribution in [3.05, 3.63) is 35.6 Å². The van der Waals surface area contributed by atoms with Crippen LogP contribution in [0.3, 0.4) is 0 Å². The zero-order valence-electron chi connectivity index (χ0n) is 9.20. The van der Waals surface area contributed by atoms with E-state index in [9.17, 15) is 4.39 Å². The molecule has 0 spiro atoms. The van der Waals surface area contributed by atoms with Gasteiger partial charge >= 0.3 is 0 Å². The minimum Gasteiger partial charge on any atom is -0.308 e. The topological polar surface area (TPSA) is 41.3 Å². The summed E-state index contributed by atoms with van der Waals surface area (Å²) in [6.45, 7) is 0.855. The molecule has 0 saturated heterocycles. The Kier molecular flexibility index (Phi) is 4.68. The third-order valence-electron chi connectivity index (χ3n) is 2.22. The van der Waals surface area contributed by atoms with E-state index in [1.165, 1.54) is 12.1 Å². The van der Waals surface area contributed by atoms with Crippen molar-refractivity contribution in [2.45, 2.75) is 12.5 Å². The molecular weight excluding hydrogens is 193 g/mol. The Bertz CT molecular complexity index is 284. The number of nitrogens with two attached hydrogens (primary N) is 1. The fourth-order valence-corrected chi connectivity index (χ4v) is 1.52. The number of hydrogen-bond donors (Lipinski definition) is 2. The van der Waals surface area contributed by atoms with E-state index in [4.69, 9.17) is 5.84 Å². The maximum atomic E-state index is 12.7. The first-order valence-corrected chi connectivity index (χ1v) is 4.97. The molecule has 0 bridgehead atoms. The Morgan fingerprint density at radius 1 is 1.33 bits per heavy atom. The molecule has 0 aliphatic rings. The van der Waals surface area contributed by atoms with E-state index >= 15 is 0 Å². The molecule has 0 aromatic heterocycles. The highest BCUT2D eigenvalue weighted by molar-refractivity contribution is 5.17. The highest BCUT2D eigenvalue weighted by Gasteiger charge is 2.08. The van der Waals surface area contributed by atoms with Gasteiger partial charge in [0.15, 0.2) is 0 Å². The average molecular weight is 211 g/mol. The predicted octanol–water partition coefficient (Wildman–Crippen LogP) is 0.762. The number of rotatable bonds is 5. The molecule has 4 heteroatoms. The molecule has 0 amide bonds. The Morgan fingerprint density at radius 3 is 2.40 bits per heavy atom. The second-order valence-electron chi connectivity index (χ2n) is 3.96. The second kappa shape index (κ2) is 5.80. The van der Waals surface area contributed by atoms with Gasteiger partial charge in [0.2, 0.25) is 0 Å². The minimum atomic E-state index is -0.205. The number of nitrogens with one attached hydrogen (secondary N) is 1. The van der Waals surface area contributed by atoms with E-state index in [1.807, 2.05) is 14.1 Å².